The van der Waals surface area contributed by atoms with Crippen LogP contribution in [0.4, 0.5) is 0 Å². The van der Waals surface area contributed by atoms with Crippen LogP contribution in [0.3, 0.4) is 0 Å². The van der Waals surface area contributed by atoms with E-state index in [2.05, 4.69) is 5.32 Å². The van der Waals surface area contributed by atoms with Gasteiger partial charge in [0.05, 0.1) is 15.5 Å². The summed E-state index contributed by atoms with van der Waals surface area (Å²) in [7, 11) is -6.83. The maximum absolute atomic E-state index is 12.4. The van der Waals surface area contributed by atoms with Crippen molar-refractivity contribution in [3.05, 3.63) is 48.0 Å². The lowest BCUT2D eigenvalue weighted by atomic mass is 10.2. The minimum absolute atomic E-state index is 0.0254. The Balaban J connectivity index is 1.70. The summed E-state index contributed by atoms with van der Waals surface area (Å²) >= 11 is 1.63. The number of hydrogen-bond donors (Lipinski definition) is 2. The van der Waals surface area contributed by atoms with Crippen molar-refractivity contribution in [2.45, 2.75) is 28.0 Å². The topological polar surface area (TPSA) is 127 Å². The zero-order chi connectivity index (χ0) is 23.8. The van der Waals surface area contributed by atoms with Gasteiger partial charge in [-0.2, -0.15) is 0 Å². The van der Waals surface area contributed by atoms with Crippen molar-refractivity contribution < 1.29 is 31.5 Å². The Labute approximate surface area is 193 Å². The normalized spacial score (nSPS) is 11.9. The molecule has 0 saturated heterocycles. The van der Waals surface area contributed by atoms with Crippen molar-refractivity contribution in [1.82, 2.24) is 5.32 Å². The van der Waals surface area contributed by atoms with E-state index in [4.69, 9.17) is 9.84 Å². The highest BCUT2D eigenvalue weighted by Gasteiger charge is 2.15. The van der Waals surface area contributed by atoms with Crippen LogP contribution in [0, 0.1) is 6.92 Å². The van der Waals surface area contributed by atoms with E-state index >= 15 is 0 Å². The first-order chi connectivity index (χ1) is 15.0. The van der Waals surface area contributed by atoms with Gasteiger partial charge >= 0.3 is 5.97 Å². The first-order valence-electron chi connectivity index (χ1n) is 9.81. The van der Waals surface area contributed by atoms with Gasteiger partial charge in [0, 0.05) is 23.4 Å². The SMILES string of the molecule is Cc1cc(SCCNCCCS(=O)(=O)c2ccc(S(C)(=O)=O)cc2)ccc1OCC(=O)O. The molecule has 0 amide bonds. The molecule has 2 N–H and O–H groups in total. The van der Waals surface area contributed by atoms with Crippen molar-refractivity contribution in [3.63, 3.8) is 0 Å². The summed E-state index contributed by atoms with van der Waals surface area (Å²) < 4.78 is 52.9. The fourth-order valence-electron chi connectivity index (χ4n) is 2.78. The van der Waals surface area contributed by atoms with Crippen LogP contribution in [0.5, 0.6) is 5.75 Å². The zero-order valence-electron chi connectivity index (χ0n) is 17.9. The standard InChI is InChI=1S/C21H27NO7S3/c1-16-14-17(4-9-20(16)29-15-21(23)24)30-12-11-22-10-3-13-32(27,28)19-7-5-18(6-8-19)31(2,25)26/h4-9,14,22H,3,10-13,15H2,1-2H3,(H,23,24). The van der Waals surface area contributed by atoms with Gasteiger partial charge in [-0.15, -0.1) is 11.8 Å². The van der Waals surface area contributed by atoms with Gasteiger partial charge in [0.1, 0.15) is 5.75 Å². The molecule has 0 saturated carbocycles. The number of sulfone groups is 2. The minimum Gasteiger partial charge on any atom is -0.482 e. The van der Waals surface area contributed by atoms with E-state index in [-0.39, 0.29) is 22.2 Å². The van der Waals surface area contributed by atoms with Gasteiger partial charge in [0.15, 0.2) is 26.3 Å². The number of rotatable bonds is 13. The van der Waals surface area contributed by atoms with Crippen molar-refractivity contribution in [3.8, 4) is 5.75 Å². The molecule has 8 nitrogen and oxygen atoms in total. The Morgan fingerprint density at radius 2 is 1.69 bits per heavy atom. The van der Waals surface area contributed by atoms with Crippen LogP contribution < -0.4 is 10.1 Å². The van der Waals surface area contributed by atoms with Crippen molar-refractivity contribution >= 4 is 37.4 Å². The molecule has 2 aromatic rings. The van der Waals surface area contributed by atoms with Crippen LogP contribution >= 0.6 is 11.8 Å². The number of carboxylic acids is 1. The van der Waals surface area contributed by atoms with Gasteiger partial charge in [-0.05, 0) is 67.9 Å². The van der Waals surface area contributed by atoms with Crippen molar-refractivity contribution in [1.29, 1.82) is 0 Å². The molecule has 11 heteroatoms. The number of nitrogens with one attached hydrogen (secondary N) is 1. The number of carboxylic acid groups (broad SMARTS) is 1. The fraction of sp³-hybridized carbons (Fsp3) is 0.381. The molecular weight excluding hydrogens is 474 g/mol. The number of aryl methyl sites for hydroxylation is 1. The van der Waals surface area contributed by atoms with E-state index in [0.29, 0.717) is 25.3 Å². The lowest BCUT2D eigenvalue weighted by molar-refractivity contribution is -0.139. The third-order valence-corrected chi connectivity index (χ3v) is 8.36. The van der Waals surface area contributed by atoms with Crippen LogP contribution in [-0.4, -0.2) is 65.4 Å². The highest BCUT2D eigenvalue weighted by molar-refractivity contribution is 7.99. The van der Waals surface area contributed by atoms with Gasteiger partial charge in [0.25, 0.3) is 0 Å². The number of carbonyl (C=O) groups is 1. The Morgan fingerprint density at radius 1 is 1.03 bits per heavy atom. The average Bonchev–Trinajstić information content (AvgIpc) is 2.71. The lowest BCUT2D eigenvalue weighted by Gasteiger charge is -2.09. The molecular formula is C21H27NO7S3. The average molecular weight is 502 g/mol. The smallest absolute Gasteiger partial charge is 0.341 e. The molecule has 0 heterocycles. The van der Waals surface area contributed by atoms with Crippen LogP contribution in [-0.2, 0) is 24.5 Å². The maximum atomic E-state index is 12.4. The molecule has 176 valence electrons. The molecule has 0 atom stereocenters. The first-order valence-corrected chi connectivity index (χ1v) is 14.3. The number of ether oxygens (including phenoxy) is 1. The molecule has 0 fully saturated rings. The Bertz CT molecular complexity index is 1130. The van der Waals surface area contributed by atoms with E-state index in [1.165, 1.54) is 24.3 Å². The molecule has 0 aliphatic carbocycles. The number of benzene rings is 2. The van der Waals surface area contributed by atoms with E-state index in [1.807, 2.05) is 19.1 Å². The summed E-state index contributed by atoms with van der Waals surface area (Å²) in [5.74, 6) is 0.283. The summed E-state index contributed by atoms with van der Waals surface area (Å²) in [5.41, 5.74) is 0.860. The Hall–Kier alpha value is -2.08. The van der Waals surface area contributed by atoms with Gasteiger partial charge < -0.3 is 15.2 Å². The Morgan fingerprint density at radius 3 is 2.28 bits per heavy atom. The van der Waals surface area contributed by atoms with Crippen molar-refractivity contribution in [2.75, 3.05) is 37.5 Å². The van der Waals surface area contributed by atoms with Crippen molar-refractivity contribution in [2.24, 2.45) is 0 Å². The van der Waals surface area contributed by atoms with E-state index in [9.17, 15) is 21.6 Å². The second kappa shape index (κ2) is 11.7. The monoisotopic (exact) mass is 501 g/mol. The Kier molecular flexibility index (Phi) is 9.56. The molecule has 0 bridgehead atoms. The minimum atomic E-state index is -3.47. The molecule has 0 spiro atoms. The molecule has 2 rings (SSSR count). The van der Waals surface area contributed by atoms with Crippen LogP contribution in [0.2, 0.25) is 0 Å². The van der Waals surface area contributed by atoms with E-state index in [0.717, 1.165) is 22.5 Å². The van der Waals surface area contributed by atoms with Gasteiger partial charge in [-0.3, -0.25) is 0 Å². The maximum Gasteiger partial charge on any atom is 0.341 e. The number of hydrogen-bond acceptors (Lipinski definition) is 8. The largest absolute Gasteiger partial charge is 0.482 e. The van der Waals surface area contributed by atoms with E-state index < -0.39 is 25.6 Å². The second-order valence-corrected chi connectivity index (χ2v) is 12.4. The predicted molar refractivity (Wildman–Crippen MR) is 124 cm³/mol. The predicted octanol–water partition coefficient (Wildman–Crippen LogP) is 2.41. The number of thioether (sulfide) groups is 1. The van der Waals surface area contributed by atoms with E-state index in [1.54, 1.807) is 17.8 Å². The van der Waals surface area contributed by atoms with Gasteiger partial charge in [-0.1, -0.05) is 0 Å². The van der Waals surface area contributed by atoms with Crippen LogP contribution in [0.1, 0.15) is 12.0 Å². The quantitative estimate of drug-likeness (QED) is 0.314. The highest BCUT2D eigenvalue weighted by Crippen LogP contribution is 2.25. The molecule has 0 aliphatic heterocycles. The summed E-state index contributed by atoms with van der Waals surface area (Å²) in [4.78, 5) is 11.8. The van der Waals surface area contributed by atoms with Crippen LogP contribution in [0.25, 0.3) is 0 Å². The summed E-state index contributed by atoms with van der Waals surface area (Å²) in [6, 6.07) is 10.8. The molecule has 0 radical (unpaired) electrons. The first kappa shape index (κ1) is 26.2. The highest BCUT2D eigenvalue weighted by atomic mass is 32.2. The van der Waals surface area contributed by atoms with Crippen LogP contribution in [0.15, 0.2) is 57.2 Å². The third-order valence-electron chi connectivity index (χ3n) is 4.42. The molecule has 32 heavy (non-hydrogen) atoms. The molecule has 0 unspecified atom stereocenters. The number of aliphatic carboxylic acids is 1. The lowest BCUT2D eigenvalue weighted by Crippen LogP contribution is -2.21. The zero-order valence-corrected chi connectivity index (χ0v) is 20.4. The van der Waals surface area contributed by atoms with Gasteiger partial charge in [0.2, 0.25) is 0 Å². The summed E-state index contributed by atoms with van der Waals surface area (Å²) in [5, 5.41) is 11.9. The molecule has 2 aromatic carbocycles. The molecule has 0 aromatic heterocycles. The third kappa shape index (κ3) is 8.45. The summed E-state index contributed by atoms with van der Waals surface area (Å²) in [6.07, 6.45) is 1.52. The second-order valence-electron chi connectivity index (χ2n) is 7.12. The van der Waals surface area contributed by atoms with Gasteiger partial charge in [-0.25, -0.2) is 21.6 Å². The fourth-order valence-corrected chi connectivity index (χ4v) is 5.63. The molecule has 0 aliphatic rings. The summed E-state index contributed by atoms with van der Waals surface area (Å²) in [6.45, 7) is 2.72.